The first-order valence-corrected chi connectivity index (χ1v) is 11.8. The molecule has 0 spiro atoms. The second-order valence-electron chi connectivity index (χ2n) is 8.56. The lowest BCUT2D eigenvalue weighted by Crippen LogP contribution is -2.39. The van der Waals surface area contributed by atoms with Crippen LogP contribution in [0.1, 0.15) is 37.5 Å². The van der Waals surface area contributed by atoms with Crippen LogP contribution in [0.25, 0.3) is 10.9 Å². The summed E-state index contributed by atoms with van der Waals surface area (Å²) in [7, 11) is 1.50. The smallest absolute Gasteiger partial charge is 0.405 e. The summed E-state index contributed by atoms with van der Waals surface area (Å²) in [6, 6.07) is 13.0. The number of aromatic amines is 1. The van der Waals surface area contributed by atoms with E-state index in [1.807, 2.05) is 0 Å². The summed E-state index contributed by atoms with van der Waals surface area (Å²) in [6.07, 6.45) is -5.15. The lowest BCUT2D eigenvalue weighted by Gasteiger charge is -2.18. The van der Waals surface area contributed by atoms with Crippen molar-refractivity contribution in [3.8, 4) is 17.6 Å². The van der Waals surface area contributed by atoms with Crippen LogP contribution in [-0.2, 0) is 6.42 Å². The first-order valence-electron chi connectivity index (χ1n) is 11.8. The summed E-state index contributed by atoms with van der Waals surface area (Å²) in [5.41, 5.74) is 1.31. The molecule has 3 aromatic carbocycles. The molecule has 12 heteroatoms. The van der Waals surface area contributed by atoms with Crippen LogP contribution in [0.4, 0.5) is 17.6 Å². The van der Waals surface area contributed by atoms with Crippen molar-refractivity contribution in [3.63, 3.8) is 0 Å². The number of aliphatic hydroxyl groups excluding tert-OH is 1. The van der Waals surface area contributed by atoms with Gasteiger partial charge in [0.05, 0.1) is 29.1 Å². The molecule has 0 saturated carbocycles. The number of carbonyl (C=O) groups excluding carboxylic acids is 2. The van der Waals surface area contributed by atoms with Gasteiger partial charge in [0.1, 0.15) is 11.6 Å². The zero-order valence-corrected chi connectivity index (χ0v) is 20.9. The van der Waals surface area contributed by atoms with Crippen LogP contribution >= 0.6 is 0 Å². The Kier molecular flexibility index (Phi) is 8.35. The Labute approximate surface area is 225 Å². The number of hydrogen-bond acceptors (Lipinski definition) is 5. The number of H-pyrrole nitrogens is 1. The van der Waals surface area contributed by atoms with Crippen LogP contribution in [-0.4, -0.2) is 53.2 Å². The SMILES string of the molecule is CNC(=O)c1ccc(C#Cc2ccc(OC(F)(F)F)c(C(=O)NC(CO)Cc3[nH]nc4cccc(F)c34)c2)cc1. The maximum Gasteiger partial charge on any atom is 0.573 e. The highest BCUT2D eigenvalue weighted by Gasteiger charge is 2.33. The summed E-state index contributed by atoms with van der Waals surface area (Å²) >= 11 is 0. The number of fused-ring (bicyclic) bond motifs is 1. The Hall–Kier alpha value is -4.89. The molecule has 0 aliphatic carbocycles. The number of carbonyl (C=O) groups is 2. The number of ether oxygens (including phenoxy) is 1. The molecule has 0 fully saturated rings. The highest BCUT2D eigenvalue weighted by Crippen LogP contribution is 2.28. The molecule has 0 radical (unpaired) electrons. The zero-order valence-electron chi connectivity index (χ0n) is 20.9. The average Bonchev–Trinajstić information content (AvgIpc) is 3.35. The van der Waals surface area contributed by atoms with Crippen molar-refractivity contribution in [2.45, 2.75) is 18.8 Å². The van der Waals surface area contributed by atoms with Crippen molar-refractivity contribution in [2.75, 3.05) is 13.7 Å². The molecule has 206 valence electrons. The van der Waals surface area contributed by atoms with E-state index in [1.54, 1.807) is 30.3 Å². The quantitative estimate of drug-likeness (QED) is 0.206. The van der Waals surface area contributed by atoms with Crippen molar-refractivity contribution >= 4 is 22.7 Å². The van der Waals surface area contributed by atoms with E-state index >= 15 is 0 Å². The van der Waals surface area contributed by atoms with Gasteiger partial charge in [0, 0.05) is 35.9 Å². The molecule has 0 saturated heterocycles. The van der Waals surface area contributed by atoms with Crippen LogP contribution in [0, 0.1) is 17.7 Å². The van der Waals surface area contributed by atoms with Gasteiger partial charge in [0.15, 0.2) is 0 Å². The third-order valence-corrected chi connectivity index (χ3v) is 5.79. The minimum absolute atomic E-state index is 0.0827. The molecule has 8 nitrogen and oxygen atoms in total. The predicted octanol–water partition coefficient (Wildman–Crippen LogP) is 3.69. The molecule has 2 amide bonds. The van der Waals surface area contributed by atoms with E-state index in [4.69, 9.17) is 0 Å². The topological polar surface area (TPSA) is 116 Å². The Balaban J connectivity index is 1.59. The van der Waals surface area contributed by atoms with E-state index in [0.29, 0.717) is 22.3 Å². The maximum atomic E-state index is 14.3. The molecule has 0 aliphatic rings. The molecule has 4 N–H and O–H groups in total. The molecule has 0 aliphatic heterocycles. The van der Waals surface area contributed by atoms with Gasteiger partial charge in [-0.2, -0.15) is 5.10 Å². The van der Waals surface area contributed by atoms with Gasteiger partial charge in [0.2, 0.25) is 0 Å². The number of aliphatic hydroxyl groups is 1. The van der Waals surface area contributed by atoms with Crippen LogP contribution < -0.4 is 15.4 Å². The molecule has 1 unspecified atom stereocenters. The van der Waals surface area contributed by atoms with E-state index in [0.717, 1.165) is 12.1 Å². The minimum atomic E-state index is -5.07. The molecule has 0 bridgehead atoms. The van der Waals surface area contributed by atoms with Gasteiger partial charge >= 0.3 is 6.36 Å². The van der Waals surface area contributed by atoms with Gasteiger partial charge in [-0.05, 0) is 54.6 Å². The summed E-state index contributed by atoms with van der Waals surface area (Å²) in [5, 5.41) is 21.6. The Morgan fingerprint density at radius 3 is 2.42 bits per heavy atom. The van der Waals surface area contributed by atoms with E-state index < -0.39 is 42.0 Å². The summed E-state index contributed by atoms with van der Waals surface area (Å²) < 4.78 is 57.5. The number of amides is 2. The first-order chi connectivity index (χ1) is 19.1. The van der Waals surface area contributed by atoms with Gasteiger partial charge in [-0.25, -0.2) is 4.39 Å². The predicted molar refractivity (Wildman–Crippen MR) is 137 cm³/mol. The van der Waals surface area contributed by atoms with Gasteiger partial charge in [0.25, 0.3) is 11.8 Å². The van der Waals surface area contributed by atoms with Crippen molar-refractivity contribution < 1.29 is 37.0 Å². The lowest BCUT2D eigenvalue weighted by molar-refractivity contribution is -0.274. The van der Waals surface area contributed by atoms with Crippen LogP contribution in [0.2, 0.25) is 0 Å². The number of rotatable bonds is 7. The van der Waals surface area contributed by atoms with Crippen molar-refractivity contribution in [3.05, 3.63) is 94.4 Å². The van der Waals surface area contributed by atoms with Gasteiger partial charge in [-0.1, -0.05) is 17.9 Å². The van der Waals surface area contributed by atoms with E-state index in [9.17, 15) is 32.3 Å². The fourth-order valence-electron chi connectivity index (χ4n) is 3.90. The Bertz CT molecular complexity index is 1600. The second-order valence-corrected chi connectivity index (χ2v) is 8.56. The normalized spacial score (nSPS) is 11.8. The standard InChI is InChI=1S/C28H22F4N4O4/c1-33-26(38)18-10-7-16(8-11-18)5-6-17-9-12-24(40-28(30,31)32)20(13-17)27(39)34-19(15-37)14-23-25-21(29)3-2-4-22(25)35-36-23/h2-4,7-13,19,37H,14-15H2,1H3,(H,33,38)(H,34,39)(H,35,36). The molecule has 4 rings (SSSR count). The molecule has 1 atom stereocenters. The fourth-order valence-corrected chi connectivity index (χ4v) is 3.90. The number of aromatic nitrogens is 2. The molecule has 4 aromatic rings. The largest absolute Gasteiger partial charge is 0.573 e. The Morgan fingerprint density at radius 2 is 1.75 bits per heavy atom. The Morgan fingerprint density at radius 1 is 1.05 bits per heavy atom. The van der Waals surface area contributed by atoms with E-state index in [-0.39, 0.29) is 23.3 Å². The van der Waals surface area contributed by atoms with Gasteiger partial charge in [-0.3, -0.25) is 14.7 Å². The van der Waals surface area contributed by atoms with Crippen molar-refractivity contribution in [1.82, 2.24) is 20.8 Å². The van der Waals surface area contributed by atoms with Crippen molar-refractivity contribution in [1.29, 1.82) is 0 Å². The minimum Gasteiger partial charge on any atom is -0.405 e. The second kappa shape index (κ2) is 11.9. The third-order valence-electron chi connectivity index (χ3n) is 5.79. The van der Waals surface area contributed by atoms with E-state index in [1.165, 1.54) is 25.2 Å². The molecule has 1 heterocycles. The van der Waals surface area contributed by atoms with Gasteiger partial charge in [-0.15, -0.1) is 13.2 Å². The number of nitrogens with one attached hydrogen (secondary N) is 3. The molecule has 1 aromatic heterocycles. The van der Waals surface area contributed by atoms with Gasteiger partial charge < -0.3 is 20.5 Å². The molecular weight excluding hydrogens is 532 g/mol. The number of benzene rings is 3. The number of alkyl halides is 3. The highest BCUT2D eigenvalue weighted by atomic mass is 19.4. The van der Waals surface area contributed by atoms with Crippen LogP contribution in [0.15, 0.2) is 60.7 Å². The molecule has 40 heavy (non-hydrogen) atoms. The fraction of sp³-hybridized carbons (Fsp3) is 0.179. The zero-order chi connectivity index (χ0) is 28.9. The maximum absolute atomic E-state index is 14.3. The molecular formula is C28H22F4N4O4. The number of nitrogens with zero attached hydrogens (tertiary/aromatic N) is 1. The summed E-state index contributed by atoms with van der Waals surface area (Å²) in [5.74, 6) is 3.02. The summed E-state index contributed by atoms with van der Waals surface area (Å²) in [4.78, 5) is 24.8. The lowest BCUT2D eigenvalue weighted by atomic mass is 10.1. The highest BCUT2D eigenvalue weighted by molar-refractivity contribution is 5.97. The monoisotopic (exact) mass is 554 g/mol. The number of hydrogen-bond donors (Lipinski definition) is 4. The van der Waals surface area contributed by atoms with Crippen LogP contribution in [0.5, 0.6) is 5.75 Å². The van der Waals surface area contributed by atoms with Crippen LogP contribution in [0.3, 0.4) is 0 Å². The summed E-state index contributed by atoms with van der Waals surface area (Å²) in [6.45, 7) is -0.596. The third kappa shape index (κ3) is 6.75. The first kappa shape index (κ1) is 28.1. The average molecular weight is 555 g/mol. The number of halogens is 4. The van der Waals surface area contributed by atoms with E-state index in [2.05, 4.69) is 37.4 Å². The van der Waals surface area contributed by atoms with Crippen molar-refractivity contribution in [2.24, 2.45) is 0 Å².